The second-order valence-corrected chi connectivity index (χ2v) is 8.09. The Labute approximate surface area is 196 Å². The van der Waals surface area contributed by atoms with E-state index in [-0.39, 0.29) is 28.7 Å². The van der Waals surface area contributed by atoms with Gasteiger partial charge in [-0.2, -0.15) is 18.4 Å². The summed E-state index contributed by atoms with van der Waals surface area (Å²) in [5, 5.41) is 8.83. The minimum Gasteiger partial charge on any atom is -0.462 e. The maximum Gasteiger partial charge on any atom is 0.419 e. The number of ether oxygens (including phenoxy) is 1. The van der Waals surface area contributed by atoms with Gasteiger partial charge in [0, 0.05) is 5.69 Å². The first-order chi connectivity index (χ1) is 16.0. The number of carbonyl (C=O) groups is 2. The van der Waals surface area contributed by atoms with E-state index >= 15 is 0 Å². The zero-order valence-electron chi connectivity index (χ0n) is 17.6. The van der Waals surface area contributed by atoms with Crippen LogP contribution < -0.4 is 9.80 Å². The summed E-state index contributed by atoms with van der Waals surface area (Å²) in [5.41, 5.74) is -3.70. The highest BCUT2D eigenvalue weighted by molar-refractivity contribution is 7.81. The van der Waals surface area contributed by atoms with E-state index in [0.717, 1.165) is 17.2 Å². The Bertz CT molecular complexity index is 1250. The van der Waals surface area contributed by atoms with Crippen molar-refractivity contribution in [1.82, 2.24) is 4.98 Å². The molecule has 1 aliphatic heterocycles. The zero-order chi connectivity index (χ0) is 24.8. The standard InChI is InChI=1S/C22H16F4N4O3S/c1-2-33-18(31)14-5-4-12(9-16(14)23)30-20(34)29(19(32)21(30)6-3-7-21)13-8-15(22(24,25)26)17(10-27)28-11-13/h4-5,8-9,11H,2-3,6-7H2,1H3. The number of benzene rings is 1. The van der Waals surface area contributed by atoms with Gasteiger partial charge < -0.3 is 9.64 Å². The third-order valence-electron chi connectivity index (χ3n) is 5.84. The molecule has 1 saturated carbocycles. The Morgan fingerprint density at radius 2 is 2.00 bits per heavy atom. The van der Waals surface area contributed by atoms with Crippen LogP contribution >= 0.6 is 12.2 Å². The summed E-state index contributed by atoms with van der Waals surface area (Å²) in [7, 11) is 0. The first-order valence-corrected chi connectivity index (χ1v) is 10.6. The number of nitriles is 1. The predicted octanol–water partition coefficient (Wildman–Crippen LogP) is 4.35. The molecule has 4 rings (SSSR count). The monoisotopic (exact) mass is 492 g/mol. The molecule has 1 aromatic heterocycles. The van der Waals surface area contributed by atoms with Crippen LogP contribution in [-0.4, -0.2) is 34.1 Å². The van der Waals surface area contributed by atoms with Crippen molar-refractivity contribution in [2.75, 3.05) is 16.4 Å². The number of esters is 1. The molecule has 0 bridgehead atoms. The summed E-state index contributed by atoms with van der Waals surface area (Å²) in [6, 6.07) is 5.68. The molecule has 0 unspecified atom stereocenters. The largest absolute Gasteiger partial charge is 0.462 e. The van der Waals surface area contributed by atoms with E-state index in [0.29, 0.717) is 25.3 Å². The van der Waals surface area contributed by atoms with E-state index in [1.165, 1.54) is 23.1 Å². The molecule has 1 saturated heterocycles. The van der Waals surface area contributed by atoms with E-state index in [4.69, 9.17) is 22.2 Å². The zero-order valence-corrected chi connectivity index (χ0v) is 18.5. The fraction of sp³-hybridized carbons (Fsp3) is 0.318. The maximum absolute atomic E-state index is 14.7. The highest BCUT2D eigenvalue weighted by Crippen LogP contribution is 2.48. The van der Waals surface area contributed by atoms with Crippen molar-refractivity contribution in [3.8, 4) is 6.07 Å². The molecular weight excluding hydrogens is 476 g/mol. The Morgan fingerprint density at radius 1 is 1.29 bits per heavy atom. The van der Waals surface area contributed by atoms with Crippen LogP contribution in [0.25, 0.3) is 0 Å². The Hall–Kier alpha value is -3.59. The van der Waals surface area contributed by atoms with Crippen LogP contribution in [0, 0.1) is 17.1 Å². The van der Waals surface area contributed by atoms with Gasteiger partial charge >= 0.3 is 12.1 Å². The van der Waals surface area contributed by atoms with Crippen molar-refractivity contribution in [1.29, 1.82) is 5.26 Å². The molecule has 0 atom stereocenters. The highest BCUT2D eigenvalue weighted by atomic mass is 32.1. The number of thiocarbonyl (C=S) groups is 1. The summed E-state index contributed by atoms with van der Waals surface area (Å²) >= 11 is 5.46. The first-order valence-electron chi connectivity index (χ1n) is 10.2. The molecule has 2 aromatic rings. The van der Waals surface area contributed by atoms with Crippen LogP contribution in [0.2, 0.25) is 0 Å². The molecule has 1 amide bonds. The van der Waals surface area contributed by atoms with Crippen LogP contribution in [0.3, 0.4) is 0 Å². The first kappa shape index (κ1) is 23.6. The number of amides is 1. The molecule has 34 heavy (non-hydrogen) atoms. The number of hydrogen-bond acceptors (Lipinski definition) is 6. The fourth-order valence-electron chi connectivity index (χ4n) is 4.11. The molecule has 7 nitrogen and oxygen atoms in total. The Balaban J connectivity index is 1.78. The second-order valence-electron chi connectivity index (χ2n) is 7.73. The third kappa shape index (κ3) is 3.56. The van der Waals surface area contributed by atoms with Crippen LogP contribution in [0.15, 0.2) is 30.5 Å². The number of carbonyl (C=O) groups excluding carboxylic acids is 2. The lowest BCUT2D eigenvalue weighted by Gasteiger charge is -2.43. The van der Waals surface area contributed by atoms with Crippen molar-refractivity contribution in [3.63, 3.8) is 0 Å². The number of aromatic nitrogens is 1. The number of anilines is 2. The fourth-order valence-corrected chi connectivity index (χ4v) is 4.58. The SMILES string of the molecule is CCOC(=O)c1ccc(N2C(=S)N(c3cnc(C#N)c(C(F)(F)F)c3)C(=O)C23CCC3)cc1F. The number of alkyl halides is 3. The van der Waals surface area contributed by atoms with Crippen molar-refractivity contribution >= 4 is 40.6 Å². The molecule has 0 radical (unpaired) electrons. The van der Waals surface area contributed by atoms with E-state index in [2.05, 4.69) is 4.98 Å². The van der Waals surface area contributed by atoms with Gasteiger partial charge in [0.05, 0.1) is 29.6 Å². The van der Waals surface area contributed by atoms with Gasteiger partial charge in [0.1, 0.15) is 17.4 Å². The van der Waals surface area contributed by atoms with Gasteiger partial charge in [-0.3, -0.25) is 9.69 Å². The lowest BCUT2D eigenvalue weighted by molar-refractivity contribution is -0.138. The Kier molecular flexibility index (Phi) is 5.77. The summed E-state index contributed by atoms with van der Waals surface area (Å²) < 4.78 is 59.9. The number of hydrogen-bond donors (Lipinski definition) is 0. The van der Waals surface area contributed by atoms with Gasteiger partial charge in [0.25, 0.3) is 5.91 Å². The topological polar surface area (TPSA) is 86.5 Å². The number of halogens is 4. The lowest BCUT2D eigenvalue weighted by Crippen LogP contribution is -2.55. The van der Waals surface area contributed by atoms with Gasteiger partial charge in [0.15, 0.2) is 10.8 Å². The summed E-state index contributed by atoms with van der Waals surface area (Å²) in [5.74, 6) is -2.31. The molecule has 176 valence electrons. The van der Waals surface area contributed by atoms with Crippen LogP contribution in [0.1, 0.15) is 47.8 Å². The lowest BCUT2D eigenvalue weighted by atomic mass is 9.75. The van der Waals surface area contributed by atoms with Crippen LogP contribution in [-0.2, 0) is 15.7 Å². The molecule has 2 aliphatic rings. The van der Waals surface area contributed by atoms with E-state index in [9.17, 15) is 27.2 Å². The maximum atomic E-state index is 14.7. The van der Waals surface area contributed by atoms with Crippen LogP contribution in [0.5, 0.6) is 0 Å². The molecule has 1 aliphatic carbocycles. The number of rotatable bonds is 4. The molecule has 0 N–H and O–H groups in total. The van der Waals surface area contributed by atoms with Gasteiger partial charge in [0.2, 0.25) is 0 Å². The van der Waals surface area contributed by atoms with Gasteiger partial charge in [-0.25, -0.2) is 14.2 Å². The van der Waals surface area contributed by atoms with Crippen molar-refractivity contribution < 1.29 is 31.9 Å². The molecule has 1 spiro atoms. The van der Waals surface area contributed by atoms with Crippen molar-refractivity contribution in [3.05, 3.63) is 53.1 Å². The summed E-state index contributed by atoms with van der Waals surface area (Å²) in [6.45, 7) is 1.64. The normalized spacial score (nSPS) is 17.1. The number of nitrogens with zero attached hydrogens (tertiary/aromatic N) is 4. The molecule has 1 aromatic carbocycles. The minimum atomic E-state index is -4.88. The summed E-state index contributed by atoms with van der Waals surface area (Å²) in [4.78, 5) is 31.2. The third-order valence-corrected chi connectivity index (χ3v) is 6.21. The average Bonchev–Trinajstić information content (AvgIpc) is 2.99. The predicted molar refractivity (Wildman–Crippen MR) is 115 cm³/mol. The number of pyridine rings is 1. The highest BCUT2D eigenvalue weighted by Gasteiger charge is 2.59. The smallest absolute Gasteiger partial charge is 0.419 e. The molecule has 2 fully saturated rings. The van der Waals surface area contributed by atoms with Crippen LogP contribution in [0.4, 0.5) is 28.9 Å². The quantitative estimate of drug-likeness (QED) is 0.356. The van der Waals surface area contributed by atoms with Crippen molar-refractivity contribution in [2.24, 2.45) is 0 Å². The van der Waals surface area contributed by atoms with Gasteiger partial charge in [-0.15, -0.1) is 0 Å². The second kappa shape index (κ2) is 8.32. The molecule has 2 heterocycles. The van der Waals surface area contributed by atoms with Crippen molar-refractivity contribution in [2.45, 2.75) is 37.9 Å². The average molecular weight is 492 g/mol. The molecular formula is C22H16F4N4O3S. The van der Waals surface area contributed by atoms with Gasteiger partial charge in [-0.1, -0.05) is 0 Å². The minimum absolute atomic E-state index is 0.0569. The molecule has 12 heteroatoms. The Morgan fingerprint density at radius 3 is 2.53 bits per heavy atom. The summed E-state index contributed by atoms with van der Waals surface area (Å²) in [6.07, 6.45) is -2.56. The van der Waals surface area contributed by atoms with Gasteiger partial charge in [-0.05, 0) is 62.7 Å². The van der Waals surface area contributed by atoms with E-state index < -0.39 is 40.7 Å². The van der Waals surface area contributed by atoms with E-state index in [1.807, 2.05) is 0 Å². The van der Waals surface area contributed by atoms with E-state index in [1.54, 1.807) is 6.92 Å².